The van der Waals surface area contributed by atoms with E-state index < -0.39 is 35.4 Å². The summed E-state index contributed by atoms with van der Waals surface area (Å²) < 4.78 is 50.6. The summed E-state index contributed by atoms with van der Waals surface area (Å²) in [5, 5.41) is 14.6. The van der Waals surface area contributed by atoms with Crippen LogP contribution in [-0.2, 0) is 20.4 Å². The van der Waals surface area contributed by atoms with Gasteiger partial charge in [-0.2, -0.15) is 13.2 Å². The van der Waals surface area contributed by atoms with E-state index in [0.29, 0.717) is 17.4 Å². The summed E-state index contributed by atoms with van der Waals surface area (Å²) in [6.07, 6.45) is -4.93. The molecule has 3 aromatic rings. The van der Waals surface area contributed by atoms with E-state index in [4.69, 9.17) is 14.6 Å². The normalized spacial score (nSPS) is 17.4. The van der Waals surface area contributed by atoms with Crippen molar-refractivity contribution in [3.63, 3.8) is 0 Å². The number of aliphatic hydroxyl groups excluding tert-OH is 1. The molecule has 2 aromatic carbocycles. The molecule has 2 amide bonds. The first-order valence-corrected chi connectivity index (χ1v) is 11.9. The molecular weight excluding hydrogens is 507 g/mol. The number of aromatic amines is 1. The molecule has 2 atom stereocenters. The minimum Gasteiger partial charge on any atom is -0.447 e. The number of H-pyrrole nitrogens is 1. The van der Waals surface area contributed by atoms with Crippen LogP contribution in [0.1, 0.15) is 23.5 Å². The Hall–Kier alpha value is -3.90. The van der Waals surface area contributed by atoms with Gasteiger partial charge in [0.1, 0.15) is 6.61 Å². The van der Waals surface area contributed by atoms with E-state index in [9.17, 15) is 27.6 Å². The highest BCUT2D eigenvalue weighted by atomic mass is 19.4. The molecule has 1 fully saturated rings. The number of carbonyl (C=O) groups excluding carboxylic acids is 2. The highest BCUT2D eigenvalue weighted by Crippen LogP contribution is 2.37. The van der Waals surface area contributed by atoms with Crippen LogP contribution in [0.3, 0.4) is 0 Å². The molecule has 1 aliphatic heterocycles. The first kappa shape index (κ1) is 27.1. The van der Waals surface area contributed by atoms with Gasteiger partial charge in [0.15, 0.2) is 0 Å². The van der Waals surface area contributed by atoms with Crippen LogP contribution in [0.5, 0.6) is 0 Å². The molecule has 1 saturated heterocycles. The molecule has 0 saturated carbocycles. The van der Waals surface area contributed by atoms with Crippen molar-refractivity contribution in [3.8, 4) is 11.3 Å². The summed E-state index contributed by atoms with van der Waals surface area (Å²) in [5.41, 5.74) is -0.961. The smallest absolute Gasteiger partial charge is 0.417 e. The topological polar surface area (TPSA) is 130 Å². The number of rotatable bonds is 9. The third-order valence-electron chi connectivity index (χ3n) is 6.15. The number of alkyl halides is 3. The molecule has 12 heteroatoms. The second-order valence-corrected chi connectivity index (χ2v) is 8.76. The van der Waals surface area contributed by atoms with Crippen molar-refractivity contribution in [2.24, 2.45) is 0 Å². The van der Waals surface area contributed by atoms with Crippen LogP contribution in [0.2, 0.25) is 0 Å². The molecular formula is C26H26F3N3O6. The number of halogens is 3. The van der Waals surface area contributed by atoms with Crippen molar-refractivity contribution >= 4 is 22.8 Å². The first-order valence-electron chi connectivity index (χ1n) is 11.9. The fraction of sp³-hybridized carbons (Fsp3) is 0.346. The van der Waals surface area contributed by atoms with Crippen LogP contribution in [0.4, 0.5) is 18.0 Å². The van der Waals surface area contributed by atoms with Gasteiger partial charge in [0.25, 0.3) is 5.56 Å². The summed E-state index contributed by atoms with van der Waals surface area (Å²) in [7, 11) is 0. The highest BCUT2D eigenvalue weighted by Gasteiger charge is 2.35. The van der Waals surface area contributed by atoms with E-state index >= 15 is 0 Å². The molecule has 1 aliphatic rings. The number of ether oxygens (including phenoxy) is 2. The lowest BCUT2D eigenvalue weighted by atomic mass is 9.93. The van der Waals surface area contributed by atoms with E-state index in [1.165, 1.54) is 24.3 Å². The predicted molar refractivity (Wildman–Crippen MR) is 132 cm³/mol. The van der Waals surface area contributed by atoms with Crippen molar-refractivity contribution in [3.05, 3.63) is 70.0 Å². The minimum absolute atomic E-state index is 0.0391. The number of pyridine rings is 1. The van der Waals surface area contributed by atoms with E-state index in [1.54, 1.807) is 18.2 Å². The molecule has 0 aliphatic carbocycles. The molecule has 38 heavy (non-hydrogen) atoms. The van der Waals surface area contributed by atoms with Gasteiger partial charge < -0.3 is 30.2 Å². The Labute approximate surface area is 215 Å². The molecule has 1 aromatic heterocycles. The number of nitrogens with one attached hydrogen (secondary N) is 3. The van der Waals surface area contributed by atoms with Gasteiger partial charge in [0.2, 0.25) is 5.91 Å². The standard InChI is InChI=1S/C26H26F3N3O6/c27-26(28,29)21-4-2-1-3-18(21)22-12-16-6-5-15(11-19(16)24(35)32-22)20-13-17(31-23(20)34)14-38-25(36)30-7-9-37-10-8-33/h1-6,11-12,17,20,33H,7-10,13-14H2,(H,30,36)(H,31,34)(H,32,35)/t17?,20-/m0/s1. The monoisotopic (exact) mass is 533 g/mol. The van der Waals surface area contributed by atoms with Crippen molar-refractivity contribution in [1.29, 1.82) is 0 Å². The van der Waals surface area contributed by atoms with E-state index in [0.717, 1.165) is 6.07 Å². The van der Waals surface area contributed by atoms with Gasteiger partial charge in [-0.1, -0.05) is 30.3 Å². The molecule has 0 spiro atoms. The Bertz CT molecular complexity index is 1370. The van der Waals surface area contributed by atoms with Gasteiger partial charge in [-0.25, -0.2) is 4.79 Å². The molecule has 202 valence electrons. The lowest BCUT2D eigenvalue weighted by Crippen LogP contribution is -2.34. The van der Waals surface area contributed by atoms with E-state index in [2.05, 4.69) is 15.6 Å². The molecule has 4 N–H and O–H groups in total. The first-order chi connectivity index (χ1) is 18.2. The molecule has 9 nitrogen and oxygen atoms in total. The SMILES string of the molecule is O=C(NCCOCCO)OCC1C[C@@H](c2ccc3cc(-c4ccccc4C(F)(F)F)[nH]c(=O)c3c2)C(=O)N1. The summed E-state index contributed by atoms with van der Waals surface area (Å²) >= 11 is 0. The quantitative estimate of drug-likeness (QED) is 0.313. The summed E-state index contributed by atoms with van der Waals surface area (Å²) in [5.74, 6) is -0.879. The van der Waals surface area contributed by atoms with Gasteiger partial charge in [-0.05, 0) is 35.6 Å². The molecule has 0 radical (unpaired) electrons. The van der Waals surface area contributed by atoms with Crippen LogP contribution >= 0.6 is 0 Å². The molecule has 0 bridgehead atoms. The molecule has 1 unspecified atom stereocenters. The van der Waals surface area contributed by atoms with Crippen LogP contribution in [0, 0.1) is 0 Å². The number of aromatic nitrogens is 1. The van der Waals surface area contributed by atoms with E-state index in [1.807, 2.05) is 0 Å². The Kier molecular flexibility index (Phi) is 8.32. The average Bonchev–Trinajstić information content (AvgIpc) is 3.27. The van der Waals surface area contributed by atoms with Gasteiger partial charge in [0.05, 0.1) is 37.3 Å². The highest BCUT2D eigenvalue weighted by molar-refractivity contribution is 5.90. The Balaban J connectivity index is 1.45. The lowest BCUT2D eigenvalue weighted by molar-refractivity contribution is -0.137. The molecule has 4 rings (SSSR count). The van der Waals surface area contributed by atoms with Gasteiger partial charge in [-0.3, -0.25) is 9.59 Å². The third kappa shape index (κ3) is 6.32. The zero-order valence-corrected chi connectivity index (χ0v) is 20.1. The zero-order valence-electron chi connectivity index (χ0n) is 20.1. The number of alkyl carbamates (subject to hydrolysis) is 1. The number of amides is 2. The Morgan fingerprint density at radius 1 is 1.11 bits per heavy atom. The summed E-state index contributed by atoms with van der Waals surface area (Å²) in [4.78, 5) is 39.8. The van der Waals surface area contributed by atoms with Gasteiger partial charge in [-0.15, -0.1) is 0 Å². The number of carbonyl (C=O) groups is 2. The van der Waals surface area contributed by atoms with Crippen molar-refractivity contribution in [2.75, 3.05) is 33.0 Å². The van der Waals surface area contributed by atoms with Crippen LogP contribution in [0.25, 0.3) is 22.0 Å². The number of fused-ring (bicyclic) bond motifs is 1. The second kappa shape index (κ2) is 11.7. The summed E-state index contributed by atoms with van der Waals surface area (Å²) in [6.45, 7) is 0.417. The van der Waals surface area contributed by atoms with E-state index in [-0.39, 0.29) is 55.5 Å². The Morgan fingerprint density at radius 3 is 2.66 bits per heavy atom. The fourth-order valence-corrected chi connectivity index (χ4v) is 4.37. The number of benzene rings is 2. The van der Waals surface area contributed by atoms with Crippen molar-refractivity contribution in [1.82, 2.24) is 15.6 Å². The van der Waals surface area contributed by atoms with Crippen molar-refractivity contribution < 1.29 is 37.3 Å². The van der Waals surface area contributed by atoms with Crippen LogP contribution in [-0.4, -0.2) is 61.1 Å². The van der Waals surface area contributed by atoms with Crippen LogP contribution < -0.4 is 16.2 Å². The summed E-state index contributed by atoms with van der Waals surface area (Å²) in [6, 6.07) is 10.9. The minimum atomic E-state index is -4.59. The maximum absolute atomic E-state index is 13.5. The Morgan fingerprint density at radius 2 is 1.89 bits per heavy atom. The fourth-order valence-electron chi connectivity index (χ4n) is 4.37. The second-order valence-electron chi connectivity index (χ2n) is 8.76. The van der Waals surface area contributed by atoms with Gasteiger partial charge in [0, 0.05) is 23.2 Å². The van der Waals surface area contributed by atoms with Gasteiger partial charge >= 0.3 is 12.3 Å². The number of hydrogen-bond acceptors (Lipinski definition) is 6. The predicted octanol–water partition coefficient (Wildman–Crippen LogP) is 2.92. The largest absolute Gasteiger partial charge is 0.447 e. The number of aliphatic hydroxyl groups is 1. The third-order valence-corrected chi connectivity index (χ3v) is 6.15. The number of hydrogen-bond donors (Lipinski definition) is 4. The average molecular weight is 534 g/mol. The lowest BCUT2D eigenvalue weighted by Gasteiger charge is -2.14. The maximum atomic E-state index is 13.5. The van der Waals surface area contributed by atoms with Crippen molar-refractivity contribution in [2.45, 2.75) is 24.6 Å². The van der Waals surface area contributed by atoms with Crippen LogP contribution in [0.15, 0.2) is 53.3 Å². The maximum Gasteiger partial charge on any atom is 0.417 e. The zero-order chi connectivity index (χ0) is 27.3. The molecule has 2 heterocycles.